The van der Waals surface area contributed by atoms with Crippen molar-refractivity contribution in [3.8, 4) is 0 Å². The Hall–Kier alpha value is -1.58. The first kappa shape index (κ1) is 10.5. The predicted octanol–water partition coefficient (Wildman–Crippen LogP) is 1.95. The first-order chi connectivity index (χ1) is 6.61. The number of carbonyl (C=O) groups is 1. The van der Waals surface area contributed by atoms with Crippen LogP contribution in [0.3, 0.4) is 0 Å². The van der Waals surface area contributed by atoms with Gasteiger partial charge in [-0.15, -0.1) is 0 Å². The maximum absolute atomic E-state index is 11.5. The third-order valence-corrected chi connectivity index (χ3v) is 2.03. The van der Waals surface area contributed by atoms with Crippen LogP contribution in [-0.2, 0) is 0 Å². The van der Waals surface area contributed by atoms with Crippen LogP contribution in [0.25, 0.3) is 0 Å². The van der Waals surface area contributed by atoms with Crippen molar-refractivity contribution in [1.29, 1.82) is 0 Å². The normalized spacial score (nSPS) is 10.0. The minimum Gasteiger partial charge on any atom is -0.325 e. The molecule has 0 radical (unpaired) electrons. The Labute approximate surface area is 83.9 Å². The lowest BCUT2D eigenvalue weighted by atomic mass is 10.3. The summed E-state index contributed by atoms with van der Waals surface area (Å²) in [6, 6.07) is 3.60. The molecule has 0 fully saturated rings. The summed E-state index contributed by atoms with van der Waals surface area (Å²) >= 11 is 0. The summed E-state index contributed by atoms with van der Waals surface area (Å²) in [5.41, 5.74) is 0.762. The van der Waals surface area contributed by atoms with Crippen molar-refractivity contribution in [1.82, 2.24) is 9.88 Å². The smallest absolute Gasteiger partial charge is 0.321 e. The molecule has 0 bridgehead atoms. The highest BCUT2D eigenvalue weighted by Crippen LogP contribution is 2.05. The molecule has 4 nitrogen and oxygen atoms in total. The fraction of sp³-hybridized carbons (Fsp3) is 0.400. The summed E-state index contributed by atoms with van der Waals surface area (Å²) in [7, 11) is 1.77. The number of urea groups is 1. The molecule has 1 rings (SSSR count). The van der Waals surface area contributed by atoms with E-state index in [2.05, 4.69) is 10.3 Å². The molecule has 14 heavy (non-hydrogen) atoms. The van der Waals surface area contributed by atoms with Gasteiger partial charge in [-0.1, -0.05) is 0 Å². The van der Waals surface area contributed by atoms with Crippen molar-refractivity contribution in [2.45, 2.75) is 19.9 Å². The van der Waals surface area contributed by atoms with Gasteiger partial charge in [-0.2, -0.15) is 0 Å². The van der Waals surface area contributed by atoms with Crippen LogP contribution in [-0.4, -0.2) is 29.0 Å². The monoisotopic (exact) mass is 193 g/mol. The Morgan fingerprint density at radius 2 is 2.00 bits per heavy atom. The maximum atomic E-state index is 11.5. The average Bonchev–Trinajstić information content (AvgIpc) is 2.18. The van der Waals surface area contributed by atoms with Crippen LogP contribution < -0.4 is 5.32 Å². The van der Waals surface area contributed by atoms with Crippen LogP contribution >= 0.6 is 0 Å². The minimum absolute atomic E-state index is 0.105. The van der Waals surface area contributed by atoms with Gasteiger partial charge in [0, 0.05) is 31.2 Å². The minimum atomic E-state index is -0.105. The van der Waals surface area contributed by atoms with Crippen LogP contribution in [0.4, 0.5) is 10.5 Å². The van der Waals surface area contributed by atoms with Gasteiger partial charge in [0.2, 0.25) is 0 Å². The van der Waals surface area contributed by atoms with Crippen molar-refractivity contribution >= 4 is 11.7 Å². The van der Waals surface area contributed by atoms with Gasteiger partial charge in [0.1, 0.15) is 0 Å². The van der Waals surface area contributed by atoms with Crippen molar-refractivity contribution in [2.24, 2.45) is 0 Å². The molecule has 1 aromatic heterocycles. The van der Waals surface area contributed by atoms with E-state index in [1.807, 2.05) is 13.8 Å². The molecule has 4 heteroatoms. The molecule has 2 amide bonds. The number of nitrogens with zero attached hydrogens (tertiary/aromatic N) is 2. The van der Waals surface area contributed by atoms with E-state index < -0.39 is 0 Å². The maximum Gasteiger partial charge on any atom is 0.321 e. The summed E-state index contributed by atoms with van der Waals surface area (Å²) < 4.78 is 0. The van der Waals surface area contributed by atoms with E-state index in [1.165, 1.54) is 0 Å². The highest BCUT2D eigenvalue weighted by atomic mass is 16.2. The lowest BCUT2D eigenvalue weighted by Crippen LogP contribution is -2.36. The number of carbonyl (C=O) groups excluding carboxylic acids is 1. The number of pyridine rings is 1. The van der Waals surface area contributed by atoms with E-state index in [9.17, 15) is 4.79 Å². The number of rotatable bonds is 2. The molecular formula is C10H15N3O. The quantitative estimate of drug-likeness (QED) is 0.780. The van der Waals surface area contributed by atoms with Crippen LogP contribution in [0.5, 0.6) is 0 Å². The summed E-state index contributed by atoms with van der Waals surface area (Å²) in [5, 5.41) is 2.77. The number of hydrogen-bond acceptors (Lipinski definition) is 2. The number of anilines is 1. The highest BCUT2D eigenvalue weighted by molar-refractivity contribution is 5.89. The molecule has 1 heterocycles. The fourth-order valence-corrected chi connectivity index (χ4v) is 0.881. The zero-order valence-corrected chi connectivity index (χ0v) is 8.69. The summed E-state index contributed by atoms with van der Waals surface area (Å²) in [5.74, 6) is 0. The second-order valence-electron chi connectivity index (χ2n) is 3.37. The Morgan fingerprint density at radius 1 is 1.43 bits per heavy atom. The van der Waals surface area contributed by atoms with Crippen molar-refractivity contribution in [2.75, 3.05) is 12.4 Å². The summed E-state index contributed by atoms with van der Waals surface area (Å²) in [4.78, 5) is 17.1. The van der Waals surface area contributed by atoms with Gasteiger partial charge in [-0.05, 0) is 26.0 Å². The number of aromatic nitrogens is 1. The predicted molar refractivity (Wildman–Crippen MR) is 56.2 cm³/mol. The Bertz CT molecular complexity index is 297. The second kappa shape index (κ2) is 4.60. The molecule has 1 N–H and O–H groups in total. The van der Waals surface area contributed by atoms with Crippen molar-refractivity contribution in [3.63, 3.8) is 0 Å². The molecule has 0 saturated carbocycles. The largest absolute Gasteiger partial charge is 0.325 e. The lowest BCUT2D eigenvalue weighted by Gasteiger charge is -2.21. The highest BCUT2D eigenvalue weighted by Gasteiger charge is 2.10. The first-order valence-corrected chi connectivity index (χ1v) is 4.55. The molecule has 0 atom stereocenters. The van der Waals surface area contributed by atoms with E-state index in [0.29, 0.717) is 0 Å². The molecule has 76 valence electrons. The molecule has 0 aromatic carbocycles. The SMILES string of the molecule is CC(C)N(C)C(=O)Nc1ccncc1. The zero-order chi connectivity index (χ0) is 10.6. The summed E-state index contributed by atoms with van der Waals surface area (Å²) in [6.07, 6.45) is 3.29. The molecule has 0 aliphatic rings. The Kier molecular flexibility index (Phi) is 3.45. The van der Waals surface area contributed by atoms with E-state index in [0.717, 1.165) is 5.69 Å². The Morgan fingerprint density at radius 3 is 2.50 bits per heavy atom. The van der Waals surface area contributed by atoms with Crippen LogP contribution in [0.2, 0.25) is 0 Å². The third-order valence-electron chi connectivity index (χ3n) is 2.03. The number of hydrogen-bond donors (Lipinski definition) is 1. The molecule has 0 unspecified atom stereocenters. The van der Waals surface area contributed by atoms with E-state index in [4.69, 9.17) is 0 Å². The van der Waals surface area contributed by atoms with Gasteiger partial charge in [-0.25, -0.2) is 4.79 Å². The van der Waals surface area contributed by atoms with E-state index in [-0.39, 0.29) is 12.1 Å². The van der Waals surface area contributed by atoms with Crippen molar-refractivity contribution in [3.05, 3.63) is 24.5 Å². The molecule has 0 aliphatic carbocycles. The van der Waals surface area contributed by atoms with Gasteiger partial charge in [0.05, 0.1) is 0 Å². The standard InChI is InChI=1S/C10H15N3O/c1-8(2)13(3)10(14)12-9-4-6-11-7-5-9/h4-8H,1-3H3,(H,11,12,14). The van der Waals surface area contributed by atoms with Gasteiger partial charge >= 0.3 is 6.03 Å². The van der Waals surface area contributed by atoms with Crippen LogP contribution in [0, 0.1) is 0 Å². The molecular weight excluding hydrogens is 178 g/mol. The zero-order valence-electron chi connectivity index (χ0n) is 8.69. The molecule has 0 saturated heterocycles. The molecule has 1 aromatic rings. The van der Waals surface area contributed by atoms with Crippen LogP contribution in [0.1, 0.15) is 13.8 Å². The average molecular weight is 193 g/mol. The molecule has 0 spiro atoms. The summed E-state index contributed by atoms with van der Waals surface area (Å²) in [6.45, 7) is 3.93. The Balaban J connectivity index is 2.58. The van der Waals surface area contributed by atoms with Gasteiger partial charge in [0.25, 0.3) is 0 Å². The van der Waals surface area contributed by atoms with Crippen LogP contribution in [0.15, 0.2) is 24.5 Å². The molecule has 0 aliphatic heterocycles. The van der Waals surface area contributed by atoms with E-state index >= 15 is 0 Å². The first-order valence-electron chi connectivity index (χ1n) is 4.55. The van der Waals surface area contributed by atoms with Gasteiger partial charge in [0.15, 0.2) is 0 Å². The van der Waals surface area contributed by atoms with E-state index in [1.54, 1.807) is 36.5 Å². The third kappa shape index (κ3) is 2.73. The number of amides is 2. The fourth-order valence-electron chi connectivity index (χ4n) is 0.881. The second-order valence-corrected chi connectivity index (χ2v) is 3.37. The van der Waals surface area contributed by atoms with Gasteiger partial charge < -0.3 is 10.2 Å². The van der Waals surface area contributed by atoms with Crippen molar-refractivity contribution < 1.29 is 4.79 Å². The topological polar surface area (TPSA) is 45.2 Å². The van der Waals surface area contributed by atoms with Gasteiger partial charge in [-0.3, -0.25) is 4.98 Å². The lowest BCUT2D eigenvalue weighted by molar-refractivity contribution is 0.211. The number of nitrogens with one attached hydrogen (secondary N) is 1.